The number of amides is 1. The van der Waals surface area contributed by atoms with Crippen molar-refractivity contribution in [3.63, 3.8) is 0 Å². The summed E-state index contributed by atoms with van der Waals surface area (Å²) in [5, 5.41) is 2.61. The van der Waals surface area contributed by atoms with Crippen molar-refractivity contribution in [1.29, 1.82) is 0 Å². The second-order valence-corrected chi connectivity index (χ2v) is 9.67. The van der Waals surface area contributed by atoms with Crippen LogP contribution >= 0.6 is 0 Å². The molecule has 0 bridgehead atoms. The Morgan fingerprint density at radius 3 is 2.17 bits per heavy atom. The number of anilines is 1. The van der Waals surface area contributed by atoms with Gasteiger partial charge in [0.1, 0.15) is 5.82 Å². The predicted octanol–water partition coefficient (Wildman–Crippen LogP) is 3.38. The highest BCUT2D eigenvalue weighted by atomic mass is 32.2. The summed E-state index contributed by atoms with van der Waals surface area (Å²) < 4.78 is 50.8. The van der Waals surface area contributed by atoms with Crippen LogP contribution in [0.25, 0.3) is 0 Å². The molecule has 4 rings (SSSR count). The molecule has 3 aromatic carbocycles. The minimum absolute atomic E-state index is 0.0459. The van der Waals surface area contributed by atoms with E-state index in [2.05, 4.69) is 5.32 Å². The number of hydrogen-bond donors (Lipinski definition) is 1. The van der Waals surface area contributed by atoms with Gasteiger partial charge in [-0.25, -0.2) is 17.6 Å². The first-order valence-corrected chi connectivity index (χ1v) is 12.3. The highest BCUT2D eigenvalue weighted by Crippen LogP contribution is 2.23. The number of hydrogen-bond acceptors (Lipinski definition) is 6. The molecule has 0 radical (unpaired) electrons. The lowest BCUT2D eigenvalue weighted by Crippen LogP contribution is -2.40. The van der Waals surface area contributed by atoms with E-state index in [1.807, 2.05) is 0 Å². The van der Waals surface area contributed by atoms with E-state index in [4.69, 9.17) is 9.47 Å². The normalized spacial score (nSPS) is 15.2. The van der Waals surface area contributed by atoms with Crippen molar-refractivity contribution in [2.45, 2.75) is 11.0 Å². The van der Waals surface area contributed by atoms with Crippen LogP contribution in [0.4, 0.5) is 10.1 Å². The van der Waals surface area contributed by atoms with Crippen LogP contribution < -0.4 is 5.32 Å². The highest BCUT2D eigenvalue weighted by molar-refractivity contribution is 7.89. The molecule has 0 saturated carbocycles. The van der Waals surface area contributed by atoms with E-state index in [1.54, 1.807) is 30.3 Å². The largest absolute Gasteiger partial charge is 0.444 e. The molecule has 0 spiro atoms. The summed E-state index contributed by atoms with van der Waals surface area (Å²) in [6, 6.07) is 19.0. The molecule has 1 unspecified atom stereocenters. The van der Waals surface area contributed by atoms with E-state index in [9.17, 15) is 22.4 Å². The zero-order valence-corrected chi connectivity index (χ0v) is 19.4. The Morgan fingerprint density at radius 1 is 0.914 bits per heavy atom. The third-order valence-corrected chi connectivity index (χ3v) is 7.29. The maximum Gasteiger partial charge on any atom is 0.339 e. The van der Waals surface area contributed by atoms with Gasteiger partial charge >= 0.3 is 5.97 Å². The van der Waals surface area contributed by atoms with Gasteiger partial charge in [-0.15, -0.1) is 0 Å². The monoisotopic (exact) mass is 498 g/mol. The number of morpholine rings is 1. The number of carbonyl (C=O) groups is 2. The fraction of sp³-hybridized carbons (Fsp3) is 0.200. The van der Waals surface area contributed by atoms with Crippen molar-refractivity contribution in [2.75, 3.05) is 31.6 Å². The first-order chi connectivity index (χ1) is 16.8. The van der Waals surface area contributed by atoms with Crippen LogP contribution in [0.15, 0.2) is 83.8 Å². The topological polar surface area (TPSA) is 102 Å². The Bertz CT molecular complexity index is 1280. The standard InChI is InChI=1S/C25H23FN2O6S/c26-20-8-10-21(11-9-20)27-24(29)23(18-4-2-1-3-5-18)34-25(30)19-6-12-22(13-7-19)35(31,32)28-14-16-33-17-15-28/h1-13,23H,14-17H2,(H,27,29). The smallest absolute Gasteiger partial charge is 0.339 e. The van der Waals surface area contributed by atoms with Gasteiger partial charge in [0.15, 0.2) is 0 Å². The molecule has 1 aliphatic heterocycles. The maximum atomic E-state index is 13.2. The number of rotatable bonds is 7. The molecule has 1 heterocycles. The third-order valence-electron chi connectivity index (χ3n) is 5.37. The summed E-state index contributed by atoms with van der Waals surface area (Å²) >= 11 is 0. The van der Waals surface area contributed by atoms with Crippen LogP contribution in [0, 0.1) is 5.82 Å². The lowest BCUT2D eigenvalue weighted by Gasteiger charge is -2.26. The first-order valence-electron chi connectivity index (χ1n) is 10.8. The molecule has 1 aliphatic rings. The van der Waals surface area contributed by atoms with Crippen molar-refractivity contribution in [1.82, 2.24) is 4.31 Å². The van der Waals surface area contributed by atoms with Gasteiger partial charge in [-0.05, 0) is 48.5 Å². The molecule has 1 N–H and O–H groups in total. The van der Waals surface area contributed by atoms with E-state index in [1.165, 1.54) is 52.8 Å². The lowest BCUT2D eigenvalue weighted by atomic mass is 10.1. The number of esters is 1. The first kappa shape index (κ1) is 24.5. The molecule has 10 heteroatoms. The van der Waals surface area contributed by atoms with E-state index in [0.29, 0.717) is 24.5 Å². The Morgan fingerprint density at radius 2 is 1.54 bits per heavy atom. The minimum Gasteiger partial charge on any atom is -0.444 e. The van der Waals surface area contributed by atoms with Crippen molar-refractivity contribution in [2.24, 2.45) is 0 Å². The number of sulfonamides is 1. The van der Waals surface area contributed by atoms with Crippen LogP contribution in [0.1, 0.15) is 22.0 Å². The maximum absolute atomic E-state index is 13.2. The summed E-state index contributed by atoms with van der Waals surface area (Å²) in [6.07, 6.45) is -1.29. The van der Waals surface area contributed by atoms with Crippen LogP contribution in [0.2, 0.25) is 0 Å². The molecule has 8 nitrogen and oxygen atoms in total. The van der Waals surface area contributed by atoms with Crippen molar-refractivity contribution >= 4 is 27.6 Å². The van der Waals surface area contributed by atoms with E-state index in [-0.39, 0.29) is 23.5 Å². The van der Waals surface area contributed by atoms with Crippen LogP contribution in [0.3, 0.4) is 0 Å². The van der Waals surface area contributed by atoms with Crippen molar-refractivity contribution in [3.8, 4) is 0 Å². The molecule has 1 amide bonds. The molecule has 182 valence electrons. The Kier molecular flexibility index (Phi) is 7.54. The van der Waals surface area contributed by atoms with Gasteiger partial charge in [-0.3, -0.25) is 4.79 Å². The van der Waals surface area contributed by atoms with Gasteiger partial charge in [0.2, 0.25) is 16.1 Å². The number of nitrogens with zero attached hydrogens (tertiary/aromatic N) is 1. The van der Waals surface area contributed by atoms with Crippen LogP contribution in [-0.2, 0) is 24.3 Å². The molecule has 1 atom stereocenters. The number of ether oxygens (including phenoxy) is 2. The zero-order chi connectivity index (χ0) is 24.8. The fourth-order valence-electron chi connectivity index (χ4n) is 3.52. The average Bonchev–Trinajstić information content (AvgIpc) is 2.89. The van der Waals surface area contributed by atoms with E-state index >= 15 is 0 Å². The van der Waals surface area contributed by atoms with Gasteiger partial charge < -0.3 is 14.8 Å². The third kappa shape index (κ3) is 5.91. The Balaban J connectivity index is 1.51. The summed E-state index contributed by atoms with van der Waals surface area (Å²) in [5.74, 6) is -1.88. The van der Waals surface area contributed by atoms with E-state index < -0.39 is 33.8 Å². The van der Waals surface area contributed by atoms with Crippen LogP contribution in [0.5, 0.6) is 0 Å². The summed E-state index contributed by atoms with van der Waals surface area (Å²) in [6.45, 7) is 1.16. The van der Waals surface area contributed by atoms with E-state index in [0.717, 1.165) is 0 Å². The molecular formula is C25H23FN2O6S. The molecule has 0 aliphatic carbocycles. The van der Waals surface area contributed by atoms with Gasteiger partial charge in [0.25, 0.3) is 5.91 Å². The van der Waals surface area contributed by atoms with Gasteiger partial charge in [-0.1, -0.05) is 30.3 Å². The number of nitrogens with one attached hydrogen (secondary N) is 1. The van der Waals surface area contributed by atoms with Gasteiger partial charge in [0, 0.05) is 24.3 Å². The average molecular weight is 499 g/mol. The molecule has 3 aromatic rings. The zero-order valence-electron chi connectivity index (χ0n) is 18.6. The molecular weight excluding hydrogens is 475 g/mol. The summed E-state index contributed by atoms with van der Waals surface area (Å²) in [5.41, 5.74) is 0.861. The lowest BCUT2D eigenvalue weighted by molar-refractivity contribution is -0.125. The molecule has 1 saturated heterocycles. The molecule has 0 aromatic heterocycles. The fourth-order valence-corrected chi connectivity index (χ4v) is 4.92. The van der Waals surface area contributed by atoms with Crippen LogP contribution in [-0.4, -0.2) is 50.9 Å². The Labute approximate surface area is 202 Å². The second-order valence-electron chi connectivity index (χ2n) is 7.73. The molecule has 35 heavy (non-hydrogen) atoms. The van der Waals surface area contributed by atoms with Gasteiger partial charge in [0.05, 0.1) is 23.7 Å². The number of carbonyl (C=O) groups excluding carboxylic acids is 2. The minimum atomic E-state index is -3.71. The van der Waals surface area contributed by atoms with Crippen molar-refractivity contribution in [3.05, 3.63) is 95.8 Å². The predicted molar refractivity (Wildman–Crippen MR) is 126 cm³/mol. The quantitative estimate of drug-likeness (QED) is 0.501. The van der Waals surface area contributed by atoms with Gasteiger partial charge in [-0.2, -0.15) is 4.31 Å². The summed E-state index contributed by atoms with van der Waals surface area (Å²) in [4.78, 5) is 25.9. The highest BCUT2D eigenvalue weighted by Gasteiger charge is 2.28. The second kappa shape index (κ2) is 10.8. The van der Waals surface area contributed by atoms with Crippen molar-refractivity contribution < 1.29 is 31.9 Å². The number of halogens is 1. The SMILES string of the molecule is O=C(OC(C(=O)Nc1ccc(F)cc1)c1ccccc1)c1ccc(S(=O)(=O)N2CCOCC2)cc1. The molecule has 1 fully saturated rings. The Hall–Kier alpha value is -3.60. The number of benzene rings is 3. The summed E-state index contributed by atoms with van der Waals surface area (Å²) in [7, 11) is -3.71.